The van der Waals surface area contributed by atoms with Crippen LogP contribution < -0.4 is 5.32 Å². The fourth-order valence-corrected chi connectivity index (χ4v) is 2.47. The van der Waals surface area contributed by atoms with Crippen LogP contribution in [0.5, 0.6) is 0 Å². The van der Waals surface area contributed by atoms with Gasteiger partial charge in [0.1, 0.15) is 12.9 Å². The van der Waals surface area contributed by atoms with Crippen LogP contribution in [0.4, 0.5) is 10.5 Å². The van der Waals surface area contributed by atoms with Gasteiger partial charge in [-0.2, -0.15) is 0 Å². The van der Waals surface area contributed by atoms with Gasteiger partial charge in [-0.1, -0.05) is 0 Å². The first-order valence-electron chi connectivity index (χ1n) is 7.20. The number of benzene rings is 1. The van der Waals surface area contributed by atoms with Crippen molar-refractivity contribution in [2.45, 2.75) is 38.3 Å². The van der Waals surface area contributed by atoms with E-state index >= 15 is 0 Å². The molecular weight excluding hydrogens is 288 g/mol. The Morgan fingerprint density at radius 1 is 1.27 bits per heavy atom. The molecule has 0 heterocycles. The zero-order chi connectivity index (χ0) is 15.9. The van der Waals surface area contributed by atoms with Gasteiger partial charge in [-0.25, -0.2) is 4.79 Å². The van der Waals surface area contributed by atoms with E-state index in [1.807, 2.05) is 0 Å². The molecule has 0 atom stereocenters. The minimum atomic E-state index is -0.507. The molecule has 0 spiro atoms. The van der Waals surface area contributed by atoms with Crippen LogP contribution in [-0.2, 0) is 16.1 Å². The molecule has 118 valence electrons. The van der Waals surface area contributed by atoms with Gasteiger partial charge in [0.25, 0.3) is 5.69 Å². The smallest absolute Gasteiger partial charge is 0.407 e. The average Bonchev–Trinajstić information content (AvgIpc) is 2.54. The molecule has 1 N–H and O–H groups in total. The Balaban J connectivity index is 1.73. The molecule has 1 aromatic carbocycles. The maximum Gasteiger partial charge on any atom is 0.407 e. The van der Waals surface area contributed by atoms with Gasteiger partial charge in [-0.15, -0.1) is 0 Å². The molecule has 7 heteroatoms. The summed E-state index contributed by atoms with van der Waals surface area (Å²) in [5.41, 5.74) is 0.686. The molecule has 1 fully saturated rings. The van der Waals surface area contributed by atoms with E-state index in [2.05, 4.69) is 5.32 Å². The molecule has 1 amide bonds. The first-order chi connectivity index (χ1) is 10.6. The lowest BCUT2D eigenvalue weighted by Gasteiger charge is -2.25. The van der Waals surface area contributed by atoms with Crippen LogP contribution in [-0.4, -0.2) is 23.3 Å². The van der Waals surface area contributed by atoms with Crippen molar-refractivity contribution in [3.05, 3.63) is 39.9 Å². The Labute approximate surface area is 127 Å². The van der Waals surface area contributed by atoms with Gasteiger partial charge in [-0.05, 0) is 43.4 Å². The number of aldehydes is 1. The second-order valence-electron chi connectivity index (χ2n) is 5.39. The molecule has 1 saturated carbocycles. The van der Waals surface area contributed by atoms with Gasteiger partial charge in [0, 0.05) is 24.1 Å². The van der Waals surface area contributed by atoms with Crippen molar-refractivity contribution in [3.8, 4) is 0 Å². The molecule has 0 saturated heterocycles. The van der Waals surface area contributed by atoms with E-state index in [1.54, 1.807) is 12.1 Å². The Kier molecular flexibility index (Phi) is 5.46. The van der Waals surface area contributed by atoms with Crippen LogP contribution in [0.1, 0.15) is 31.2 Å². The number of carbonyl (C=O) groups excluding carboxylic acids is 2. The van der Waals surface area contributed by atoms with Crippen molar-refractivity contribution in [1.29, 1.82) is 0 Å². The van der Waals surface area contributed by atoms with Gasteiger partial charge in [0.2, 0.25) is 0 Å². The number of carbonyl (C=O) groups is 2. The fraction of sp³-hybridized carbons (Fsp3) is 0.467. The van der Waals surface area contributed by atoms with Crippen LogP contribution >= 0.6 is 0 Å². The average molecular weight is 306 g/mol. The molecule has 0 aliphatic heterocycles. The largest absolute Gasteiger partial charge is 0.445 e. The van der Waals surface area contributed by atoms with Gasteiger partial charge in [-0.3, -0.25) is 10.1 Å². The highest BCUT2D eigenvalue weighted by Crippen LogP contribution is 2.22. The number of hydrogen-bond acceptors (Lipinski definition) is 5. The first kappa shape index (κ1) is 15.9. The predicted octanol–water partition coefficient (Wildman–Crippen LogP) is 2.58. The highest BCUT2D eigenvalue weighted by Gasteiger charge is 2.22. The number of hydrogen-bond donors (Lipinski definition) is 1. The molecule has 1 aromatic rings. The third-order valence-corrected chi connectivity index (χ3v) is 3.80. The second kappa shape index (κ2) is 7.53. The standard InChI is InChI=1S/C15H18N2O5/c18-9-11-1-5-13(6-2-11)16-15(19)22-10-12-3-7-14(8-4-12)17(20)21/h3-4,7-9,11,13H,1-2,5-6,10H2,(H,16,19). The van der Waals surface area contributed by atoms with Crippen LogP contribution in [0.25, 0.3) is 0 Å². The van der Waals surface area contributed by atoms with E-state index in [0.717, 1.165) is 32.0 Å². The molecule has 22 heavy (non-hydrogen) atoms. The summed E-state index contributed by atoms with van der Waals surface area (Å²) in [5.74, 6) is 0.106. The van der Waals surface area contributed by atoms with E-state index < -0.39 is 11.0 Å². The monoisotopic (exact) mass is 306 g/mol. The van der Waals surface area contributed by atoms with Crippen molar-refractivity contribution >= 4 is 18.1 Å². The van der Waals surface area contributed by atoms with E-state index in [0.29, 0.717) is 5.56 Å². The molecule has 2 rings (SSSR count). The van der Waals surface area contributed by atoms with E-state index in [1.165, 1.54) is 12.1 Å². The molecule has 1 aliphatic rings. The predicted molar refractivity (Wildman–Crippen MR) is 78.2 cm³/mol. The van der Waals surface area contributed by atoms with Crippen LogP contribution in [0, 0.1) is 16.0 Å². The number of ether oxygens (including phenoxy) is 1. The number of alkyl carbamates (subject to hydrolysis) is 1. The maximum atomic E-state index is 11.7. The van der Waals surface area contributed by atoms with Crippen LogP contribution in [0.3, 0.4) is 0 Å². The zero-order valence-corrected chi connectivity index (χ0v) is 12.1. The van der Waals surface area contributed by atoms with Crippen LogP contribution in [0.2, 0.25) is 0 Å². The zero-order valence-electron chi connectivity index (χ0n) is 12.1. The summed E-state index contributed by atoms with van der Waals surface area (Å²) in [5, 5.41) is 13.3. The number of amides is 1. The van der Waals surface area contributed by atoms with Crippen LogP contribution in [0.15, 0.2) is 24.3 Å². The number of rotatable bonds is 5. The highest BCUT2D eigenvalue weighted by molar-refractivity contribution is 5.67. The summed E-state index contributed by atoms with van der Waals surface area (Å²) in [7, 11) is 0. The number of nitro groups is 1. The molecule has 1 aliphatic carbocycles. The summed E-state index contributed by atoms with van der Waals surface area (Å²) < 4.78 is 5.09. The van der Waals surface area contributed by atoms with Gasteiger partial charge in [0.15, 0.2) is 0 Å². The minimum Gasteiger partial charge on any atom is -0.445 e. The quantitative estimate of drug-likeness (QED) is 0.512. The van der Waals surface area contributed by atoms with Crippen molar-refractivity contribution < 1.29 is 19.2 Å². The lowest BCUT2D eigenvalue weighted by Crippen LogP contribution is -2.38. The molecule has 0 bridgehead atoms. The molecule has 7 nitrogen and oxygen atoms in total. The number of non-ortho nitro benzene ring substituents is 1. The summed E-state index contributed by atoms with van der Waals surface area (Å²) >= 11 is 0. The third kappa shape index (κ3) is 4.54. The molecule has 0 radical (unpaired) electrons. The Morgan fingerprint density at radius 3 is 2.45 bits per heavy atom. The minimum absolute atomic E-state index is 0.000129. The summed E-state index contributed by atoms with van der Waals surface area (Å²) in [6.45, 7) is 0.0630. The van der Waals surface area contributed by atoms with Gasteiger partial charge < -0.3 is 14.8 Å². The summed E-state index contributed by atoms with van der Waals surface area (Å²) in [6.07, 6.45) is 3.59. The third-order valence-electron chi connectivity index (χ3n) is 3.80. The maximum absolute atomic E-state index is 11.7. The fourth-order valence-electron chi connectivity index (χ4n) is 2.47. The Bertz CT molecular complexity index is 535. The number of nitro benzene ring substituents is 1. The van der Waals surface area contributed by atoms with Gasteiger partial charge >= 0.3 is 6.09 Å². The Morgan fingerprint density at radius 2 is 1.91 bits per heavy atom. The lowest BCUT2D eigenvalue weighted by molar-refractivity contribution is -0.384. The van der Waals surface area contributed by atoms with E-state index in [9.17, 15) is 19.7 Å². The van der Waals surface area contributed by atoms with Crippen molar-refractivity contribution in [3.63, 3.8) is 0 Å². The molecular formula is C15H18N2O5. The number of nitrogens with zero attached hydrogens (tertiary/aromatic N) is 1. The Hall–Kier alpha value is -2.44. The van der Waals surface area contributed by atoms with Gasteiger partial charge in [0.05, 0.1) is 4.92 Å². The van der Waals surface area contributed by atoms with Crippen molar-refractivity contribution in [1.82, 2.24) is 5.32 Å². The SMILES string of the molecule is O=CC1CCC(NC(=O)OCc2ccc([N+](=O)[O-])cc2)CC1. The second-order valence-corrected chi connectivity index (χ2v) is 5.39. The molecule has 0 aromatic heterocycles. The summed E-state index contributed by atoms with van der Waals surface area (Å²) in [4.78, 5) is 32.4. The lowest BCUT2D eigenvalue weighted by atomic mass is 9.87. The highest BCUT2D eigenvalue weighted by atomic mass is 16.6. The first-order valence-corrected chi connectivity index (χ1v) is 7.20. The summed E-state index contributed by atoms with van der Waals surface area (Å²) in [6, 6.07) is 5.90. The van der Waals surface area contributed by atoms with E-state index in [4.69, 9.17) is 4.74 Å². The normalized spacial score (nSPS) is 20.9. The van der Waals surface area contributed by atoms with E-state index in [-0.39, 0.29) is 24.3 Å². The van der Waals surface area contributed by atoms with Crippen molar-refractivity contribution in [2.24, 2.45) is 5.92 Å². The number of nitrogens with one attached hydrogen (secondary N) is 1. The molecule has 0 unspecified atom stereocenters. The van der Waals surface area contributed by atoms with Crippen molar-refractivity contribution in [2.75, 3.05) is 0 Å². The topological polar surface area (TPSA) is 98.5 Å².